The summed E-state index contributed by atoms with van der Waals surface area (Å²) < 4.78 is 2.39. The van der Waals surface area contributed by atoms with E-state index >= 15 is 0 Å². The van der Waals surface area contributed by atoms with Crippen LogP contribution in [0.3, 0.4) is 0 Å². The van der Waals surface area contributed by atoms with Crippen molar-refractivity contribution in [1.29, 1.82) is 0 Å². The molecular formula is C46H29N. The molecule has 10 aromatic rings. The molecule has 0 aliphatic rings. The average molecular weight is 596 g/mol. The lowest BCUT2D eigenvalue weighted by molar-refractivity contribution is 1.18. The van der Waals surface area contributed by atoms with E-state index in [1.807, 2.05) is 0 Å². The highest BCUT2D eigenvalue weighted by Gasteiger charge is 2.20. The third kappa shape index (κ3) is 3.84. The molecule has 9 aromatic carbocycles. The van der Waals surface area contributed by atoms with E-state index < -0.39 is 0 Å². The van der Waals surface area contributed by atoms with Gasteiger partial charge < -0.3 is 4.57 Å². The molecule has 1 heteroatoms. The van der Waals surface area contributed by atoms with Crippen LogP contribution in [0, 0.1) is 0 Å². The van der Waals surface area contributed by atoms with E-state index in [2.05, 4.69) is 180 Å². The topological polar surface area (TPSA) is 4.93 Å². The fraction of sp³-hybridized carbons (Fsp3) is 0. The third-order valence-electron chi connectivity index (χ3n) is 9.94. The lowest BCUT2D eigenvalue weighted by Crippen LogP contribution is -1.93. The Labute approximate surface area is 272 Å². The first-order valence-electron chi connectivity index (χ1n) is 16.3. The maximum atomic E-state index is 2.41. The van der Waals surface area contributed by atoms with Gasteiger partial charge in [-0.2, -0.15) is 0 Å². The molecular weight excluding hydrogens is 567 g/mol. The second-order valence-corrected chi connectivity index (χ2v) is 12.5. The Kier molecular flexibility index (Phi) is 5.64. The second-order valence-electron chi connectivity index (χ2n) is 12.5. The molecule has 1 aromatic heterocycles. The Hall–Kier alpha value is -6.18. The Balaban J connectivity index is 1.31. The Bertz CT molecular complexity index is 2780. The van der Waals surface area contributed by atoms with Crippen LogP contribution in [-0.2, 0) is 0 Å². The van der Waals surface area contributed by atoms with E-state index in [9.17, 15) is 0 Å². The lowest BCUT2D eigenvalue weighted by atomic mass is 9.83. The minimum absolute atomic E-state index is 1.18. The van der Waals surface area contributed by atoms with Gasteiger partial charge in [0.05, 0.1) is 11.0 Å². The summed E-state index contributed by atoms with van der Waals surface area (Å²) in [5, 5.41) is 12.7. The van der Waals surface area contributed by atoms with Gasteiger partial charge in [-0.25, -0.2) is 0 Å². The third-order valence-corrected chi connectivity index (χ3v) is 9.94. The van der Waals surface area contributed by atoms with Crippen molar-refractivity contribution in [2.45, 2.75) is 0 Å². The van der Waals surface area contributed by atoms with Crippen molar-refractivity contribution in [1.82, 2.24) is 4.57 Å². The van der Waals surface area contributed by atoms with Crippen LogP contribution >= 0.6 is 0 Å². The van der Waals surface area contributed by atoms with E-state index in [1.165, 1.54) is 92.8 Å². The summed E-state index contributed by atoms with van der Waals surface area (Å²) in [4.78, 5) is 0. The number of hydrogen-bond donors (Lipinski definition) is 0. The molecule has 0 amide bonds. The van der Waals surface area contributed by atoms with Crippen molar-refractivity contribution < 1.29 is 0 Å². The summed E-state index contributed by atoms with van der Waals surface area (Å²) in [5.41, 5.74) is 8.70. The van der Waals surface area contributed by atoms with Gasteiger partial charge in [-0.1, -0.05) is 140 Å². The zero-order chi connectivity index (χ0) is 30.9. The molecule has 0 atom stereocenters. The van der Waals surface area contributed by atoms with Gasteiger partial charge in [-0.15, -0.1) is 0 Å². The number of hydrogen-bond acceptors (Lipinski definition) is 0. The van der Waals surface area contributed by atoms with Crippen molar-refractivity contribution in [3.05, 3.63) is 176 Å². The minimum Gasteiger partial charge on any atom is -0.309 e. The van der Waals surface area contributed by atoms with Gasteiger partial charge in [0.1, 0.15) is 0 Å². The van der Waals surface area contributed by atoms with E-state index in [1.54, 1.807) is 0 Å². The number of benzene rings is 9. The summed E-state index contributed by atoms with van der Waals surface area (Å²) in [5.74, 6) is 0. The largest absolute Gasteiger partial charge is 0.309 e. The van der Waals surface area contributed by atoms with Gasteiger partial charge in [-0.05, 0) is 102 Å². The van der Waals surface area contributed by atoms with Crippen molar-refractivity contribution in [2.75, 3.05) is 0 Å². The molecule has 218 valence electrons. The quantitative estimate of drug-likeness (QED) is 0.141. The van der Waals surface area contributed by atoms with Crippen molar-refractivity contribution in [3.63, 3.8) is 0 Å². The monoisotopic (exact) mass is 595 g/mol. The normalized spacial score (nSPS) is 11.8. The van der Waals surface area contributed by atoms with Gasteiger partial charge in [0.15, 0.2) is 0 Å². The van der Waals surface area contributed by atoms with Crippen LogP contribution in [0.15, 0.2) is 176 Å². The number of nitrogens with zero attached hydrogens (tertiary/aromatic N) is 1. The molecule has 1 nitrogen and oxygen atoms in total. The zero-order valence-electron chi connectivity index (χ0n) is 25.7. The molecule has 0 spiro atoms. The first-order chi connectivity index (χ1) is 23.3. The smallest absolute Gasteiger partial charge is 0.0541 e. The lowest BCUT2D eigenvalue weighted by Gasteiger charge is -2.19. The van der Waals surface area contributed by atoms with Crippen LogP contribution in [0.1, 0.15) is 0 Å². The van der Waals surface area contributed by atoms with Crippen LogP contribution in [-0.4, -0.2) is 4.57 Å². The maximum absolute atomic E-state index is 2.41. The van der Waals surface area contributed by atoms with Crippen molar-refractivity contribution in [3.8, 4) is 27.9 Å². The number of fused-ring (bicyclic) bond motifs is 8. The van der Waals surface area contributed by atoms with Gasteiger partial charge in [0.2, 0.25) is 0 Å². The van der Waals surface area contributed by atoms with Gasteiger partial charge in [0, 0.05) is 16.5 Å². The second kappa shape index (κ2) is 10.2. The summed E-state index contributed by atoms with van der Waals surface area (Å²) in [6.07, 6.45) is 0. The van der Waals surface area contributed by atoms with E-state index in [0.717, 1.165) is 0 Å². The minimum atomic E-state index is 1.18. The maximum Gasteiger partial charge on any atom is 0.0541 e. The van der Waals surface area contributed by atoms with Gasteiger partial charge in [0.25, 0.3) is 0 Å². The number of aromatic nitrogens is 1. The van der Waals surface area contributed by atoms with Crippen molar-refractivity contribution in [2.24, 2.45) is 0 Å². The Morgan fingerprint density at radius 1 is 0.298 bits per heavy atom. The van der Waals surface area contributed by atoms with E-state index in [4.69, 9.17) is 0 Å². The summed E-state index contributed by atoms with van der Waals surface area (Å²) in [6.45, 7) is 0. The van der Waals surface area contributed by atoms with Crippen molar-refractivity contribution >= 4 is 64.9 Å². The molecule has 1 heterocycles. The molecule has 0 saturated heterocycles. The molecule has 47 heavy (non-hydrogen) atoms. The highest BCUT2D eigenvalue weighted by atomic mass is 15.0. The predicted octanol–water partition coefficient (Wildman–Crippen LogP) is 12.7. The van der Waals surface area contributed by atoms with Gasteiger partial charge >= 0.3 is 0 Å². The molecule has 0 aliphatic heterocycles. The van der Waals surface area contributed by atoms with E-state index in [0.29, 0.717) is 0 Å². The molecule has 0 aliphatic carbocycles. The average Bonchev–Trinajstić information content (AvgIpc) is 3.47. The van der Waals surface area contributed by atoms with E-state index in [-0.39, 0.29) is 0 Å². The number of rotatable bonds is 3. The SMILES string of the molecule is c1ccc(-n2c3ccccc3c3cc(-c4c5ccccc5c(-c5cc6ccccc6c6ccccc56)c5ccccc45)ccc32)cc1. The first-order valence-corrected chi connectivity index (χ1v) is 16.3. The number of para-hydroxylation sites is 2. The van der Waals surface area contributed by atoms with Crippen LogP contribution in [0.5, 0.6) is 0 Å². The van der Waals surface area contributed by atoms with Crippen LogP contribution in [0.25, 0.3) is 92.8 Å². The Morgan fingerprint density at radius 3 is 1.51 bits per heavy atom. The summed E-state index contributed by atoms with van der Waals surface area (Å²) >= 11 is 0. The van der Waals surface area contributed by atoms with Crippen LogP contribution in [0.2, 0.25) is 0 Å². The summed E-state index contributed by atoms with van der Waals surface area (Å²) in [6, 6.07) is 64.5. The Morgan fingerprint density at radius 2 is 0.809 bits per heavy atom. The fourth-order valence-electron chi connectivity index (χ4n) is 7.97. The standard InChI is InChI=1S/C46H29N/c1-2-15-32(16-3-1)47-43-25-13-12-20-36(43)41-29-31(26-27-44(41)47)45-37-21-8-10-23-39(37)46(40-24-11-9-22-38(40)45)42-28-30-14-4-5-17-33(30)34-18-6-7-19-35(34)42/h1-29H. The molecule has 10 rings (SSSR count). The fourth-order valence-corrected chi connectivity index (χ4v) is 7.97. The molecule has 0 saturated carbocycles. The molecule has 0 fully saturated rings. The zero-order valence-corrected chi connectivity index (χ0v) is 25.7. The highest BCUT2D eigenvalue weighted by Crippen LogP contribution is 2.47. The summed E-state index contributed by atoms with van der Waals surface area (Å²) in [7, 11) is 0. The molecule has 0 N–H and O–H groups in total. The van der Waals surface area contributed by atoms with Gasteiger partial charge in [-0.3, -0.25) is 0 Å². The highest BCUT2D eigenvalue weighted by molar-refractivity contribution is 6.26. The molecule has 0 unspecified atom stereocenters. The molecule has 0 bridgehead atoms. The molecule has 0 radical (unpaired) electrons. The predicted molar refractivity (Wildman–Crippen MR) is 202 cm³/mol. The van der Waals surface area contributed by atoms with Crippen LogP contribution < -0.4 is 0 Å². The first kappa shape index (κ1) is 26.1. The van der Waals surface area contributed by atoms with Crippen LogP contribution in [0.4, 0.5) is 0 Å².